The van der Waals surface area contributed by atoms with Gasteiger partial charge in [0, 0.05) is 5.56 Å². The number of hydrogen-bond acceptors (Lipinski definition) is 3. The van der Waals surface area contributed by atoms with Crippen LogP contribution in [0.4, 0.5) is 0 Å². The van der Waals surface area contributed by atoms with Crippen molar-refractivity contribution in [2.45, 2.75) is 50.1 Å². The highest BCUT2D eigenvalue weighted by molar-refractivity contribution is 5.94. The summed E-state index contributed by atoms with van der Waals surface area (Å²) in [6.07, 6.45) is 3.10. The first-order valence-corrected chi connectivity index (χ1v) is 9.91. The van der Waals surface area contributed by atoms with Gasteiger partial charge in [-0.3, -0.25) is 14.4 Å². The summed E-state index contributed by atoms with van der Waals surface area (Å²) in [6, 6.07) is 17.7. The topological polar surface area (TPSA) is 95.5 Å². The molecule has 0 aliphatic heterocycles. The Morgan fingerprint density at radius 2 is 1.52 bits per heavy atom. The van der Waals surface area contributed by atoms with Gasteiger partial charge in [-0.05, 0) is 30.5 Å². The lowest BCUT2D eigenvalue weighted by atomic mass is 9.92. The van der Waals surface area contributed by atoms with Crippen molar-refractivity contribution in [1.82, 2.24) is 10.6 Å². The first-order valence-electron chi connectivity index (χ1n) is 9.91. The van der Waals surface area contributed by atoms with Crippen LogP contribution in [0.2, 0.25) is 0 Å². The third kappa shape index (κ3) is 5.67. The number of amides is 2. The molecule has 0 aromatic heterocycles. The maximum absolute atomic E-state index is 12.8. The van der Waals surface area contributed by atoms with E-state index in [2.05, 4.69) is 10.6 Å². The SMILES string of the molecule is O=C(O)CC1(NC(=O)CC(NC(=O)c2ccccc2)c2ccccc2)CCCC1. The van der Waals surface area contributed by atoms with Crippen molar-refractivity contribution < 1.29 is 19.5 Å². The van der Waals surface area contributed by atoms with Crippen LogP contribution in [0.15, 0.2) is 60.7 Å². The minimum absolute atomic E-state index is 0.0456. The predicted octanol–water partition coefficient (Wildman–Crippen LogP) is 3.45. The smallest absolute Gasteiger partial charge is 0.305 e. The molecular formula is C23H26N2O4. The normalized spacial score (nSPS) is 16.0. The van der Waals surface area contributed by atoms with Gasteiger partial charge in [0.15, 0.2) is 0 Å². The number of rotatable bonds is 8. The van der Waals surface area contributed by atoms with Gasteiger partial charge in [-0.25, -0.2) is 0 Å². The minimum atomic E-state index is -0.913. The Balaban J connectivity index is 1.73. The van der Waals surface area contributed by atoms with Crippen molar-refractivity contribution in [3.05, 3.63) is 71.8 Å². The van der Waals surface area contributed by atoms with Gasteiger partial charge in [0.05, 0.1) is 24.4 Å². The van der Waals surface area contributed by atoms with Gasteiger partial charge in [0.2, 0.25) is 5.91 Å². The van der Waals surface area contributed by atoms with E-state index >= 15 is 0 Å². The largest absolute Gasteiger partial charge is 0.481 e. The summed E-state index contributed by atoms with van der Waals surface area (Å²) in [6.45, 7) is 0. The number of carboxylic acids is 1. The molecule has 0 saturated heterocycles. The van der Waals surface area contributed by atoms with E-state index in [9.17, 15) is 19.5 Å². The molecule has 6 heteroatoms. The van der Waals surface area contributed by atoms with Crippen LogP contribution in [0.1, 0.15) is 60.5 Å². The van der Waals surface area contributed by atoms with Crippen LogP contribution in [-0.2, 0) is 9.59 Å². The maximum Gasteiger partial charge on any atom is 0.305 e. The van der Waals surface area contributed by atoms with E-state index in [0.29, 0.717) is 18.4 Å². The average Bonchev–Trinajstić information content (AvgIpc) is 3.15. The molecule has 3 rings (SSSR count). The van der Waals surface area contributed by atoms with Gasteiger partial charge in [0.1, 0.15) is 0 Å². The number of benzene rings is 2. The monoisotopic (exact) mass is 394 g/mol. The summed E-state index contributed by atoms with van der Waals surface area (Å²) in [5.41, 5.74) is 0.658. The van der Waals surface area contributed by atoms with E-state index in [1.807, 2.05) is 36.4 Å². The molecule has 2 amide bonds. The molecular weight excluding hydrogens is 368 g/mol. The number of aliphatic carboxylic acids is 1. The van der Waals surface area contributed by atoms with Gasteiger partial charge in [-0.1, -0.05) is 61.4 Å². The lowest BCUT2D eigenvalue weighted by Gasteiger charge is -2.30. The van der Waals surface area contributed by atoms with E-state index in [0.717, 1.165) is 18.4 Å². The van der Waals surface area contributed by atoms with Crippen LogP contribution >= 0.6 is 0 Å². The van der Waals surface area contributed by atoms with Gasteiger partial charge in [-0.2, -0.15) is 0 Å². The fourth-order valence-corrected chi connectivity index (χ4v) is 3.99. The van der Waals surface area contributed by atoms with Gasteiger partial charge >= 0.3 is 5.97 Å². The zero-order valence-electron chi connectivity index (χ0n) is 16.3. The standard InChI is InChI=1S/C23H26N2O4/c26-20(25-23(16-21(27)28)13-7-8-14-23)15-19(17-9-3-1-4-10-17)24-22(29)18-11-5-2-6-12-18/h1-6,9-12,19H,7-8,13-16H2,(H,24,29)(H,25,26)(H,27,28). The van der Waals surface area contributed by atoms with Gasteiger partial charge in [-0.15, -0.1) is 0 Å². The molecule has 0 radical (unpaired) electrons. The molecule has 1 saturated carbocycles. The summed E-state index contributed by atoms with van der Waals surface area (Å²) in [4.78, 5) is 36.8. The van der Waals surface area contributed by atoms with Gasteiger partial charge in [0.25, 0.3) is 5.91 Å². The molecule has 1 aliphatic carbocycles. The predicted molar refractivity (Wildman–Crippen MR) is 109 cm³/mol. The Kier molecular flexibility index (Phi) is 6.65. The van der Waals surface area contributed by atoms with Crippen molar-refractivity contribution in [1.29, 1.82) is 0 Å². The highest BCUT2D eigenvalue weighted by Crippen LogP contribution is 2.33. The molecule has 1 aliphatic rings. The summed E-state index contributed by atoms with van der Waals surface area (Å²) in [7, 11) is 0. The number of carboxylic acid groups (broad SMARTS) is 1. The molecule has 29 heavy (non-hydrogen) atoms. The van der Waals surface area contributed by atoms with E-state index in [1.165, 1.54) is 0 Å². The van der Waals surface area contributed by atoms with Crippen molar-refractivity contribution >= 4 is 17.8 Å². The van der Waals surface area contributed by atoms with Crippen LogP contribution in [0.3, 0.4) is 0 Å². The third-order valence-electron chi connectivity index (χ3n) is 5.39. The molecule has 1 unspecified atom stereocenters. The van der Waals surface area contributed by atoms with E-state index < -0.39 is 17.6 Å². The first-order chi connectivity index (χ1) is 14.0. The Morgan fingerprint density at radius 1 is 0.931 bits per heavy atom. The average molecular weight is 394 g/mol. The van der Waals surface area contributed by atoms with E-state index in [4.69, 9.17) is 0 Å². The van der Waals surface area contributed by atoms with Crippen molar-refractivity contribution in [2.75, 3.05) is 0 Å². The highest BCUT2D eigenvalue weighted by Gasteiger charge is 2.37. The van der Waals surface area contributed by atoms with Crippen molar-refractivity contribution in [2.24, 2.45) is 0 Å². The van der Waals surface area contributed by atoms with Crippen LogP contribution < -0.4 is 10.6 Å². The number of hydrogen-bond donors (Lipinski definition) is 3. The molecule has 1 atom stereocenters. The van der Waals surface area contributed by atoms with Crippen LogP contribution in [0.25, 0.3) is 0 Å². The zero-order chi connectivity index (χ0) is 20.7. The molecule has 152 valence electrons. The molecule has 2 aromatic rings. The zero-order valence-corrected chi connectivity index (χ0v) is 16.3. The number of carbonyl (C=O) groups is 3. The summed E-state index contributed by atoms with van der Waals surface area (Å²) >= 11 is 0. The number of carbonyl (C=O) groups excluding carboxylic acids is 2. The van der Waals surface area contributed by atoms with E-state index in [1.54, 1.807) is 24.3 Å². The van der Waals surface area contributed by atoms with Crippen LogP contribution in [0.5, 0.6) is 0 Å². The first kappa shape index (κ1) is 20.6. The summed E-state index contributed by atoms with van der Waals surface area (Å²) < 4.78 is 0. The van der Waals surface area contributed by atoms with Gasteiger partial charge < -0.3 is 15.7 Å². The molecule has 1 fully saturated rings. The second-order valence-corrected chi connectivity index (χ2v) is 7.61. The molecule has 6 nitrogen and oxygen atoms in total. The summed E-state index contributed by atoms with van der Waals surface area (Å²) in [5.74, 6) is -1.42. The fourth-order valence-electron chi connectivity index (χ4n) is 3.99. The van der Waals surface area contributed by atoms with Crippen LogP contribution in [-0.4, -0.2) is 28.4 Å². The highest BCUT2D eigenvalue weighted by atomic mass is 16.4. The Bertz CT molecular complexity index is 846. The van der Waals surface area contributed by atoms with Crippen molar-refractivity contribution in [3.8, 4) is 0 Å². The van der Waals surface area contributed by atoms with Crippen molar-refractivity contribution in [3.63, 3.8) is 0 Å². The fraction of sp³-hybridized carbons (Fsp3) is 0.348. The lowest BCUT2D eigenvalue weighted by molar-refractivity contribution is -0.139. The quantitative estimate of drug-likeness (QED) is 0.639. The Hall–Kier alpha value is -3.15. The lowest BCUT2D eigenvalue weighted by Crippen LogP contribution is -2.48. The van der Waals surface area contributed by atoms with Crippen LogP contribution in [0, 0.1) is 0 Å². The number of nitrogens with one attached hydrogen (secondary N) is 2. The maximum atomic E-state index is 12.8. The minimum Gasteiger partial charge on any atom is -0.481 e. The summed E-state index contributed by atoms with van der Waals surface area (Å²) in [5, 5.41) is 15.2. The second kappa shape index (κ2) is 9.37. The Morgan fingerprint density at radius 3 is 2.10 bits per heavy atom. The Labute approximate surface area is 170 Å². The molecule has 0 heterocycles. The molecule has 0 spiro atoms. The second-order valence-electron chi connectivity index (χ2n) is 7.61. The van der Waals surface area contributed by atoms with E-state index in [-0.39, 0.29) is 24.7 Å². The molecule has 2 aromatic carbocycles. The molecule has 0 bridgehead atoms. The third-order valence-corrected chi connectivity index (χ3v) is 5.39. The molecule has 3 N–H and O–H groups in total.